The minimum Gasteiger partial charge on any atom is -0.321 e. The molecule has 3 rings (SSSR count). The van der Waals surface area contributed by atoms with Crippen molar-refractivity contribution in [3.05, 3.63) is 46.3 Å². The number of fused-ring (bicyclic) bond motifs is 1. The molecular weight excluding hydrogens is 272 g/mol. The van der Waals surface area contributed by atoms with Gasteiger partial charge in [-0.05, 0) is 26.0 Å². The van der Waals surface area contributed by atoms with Crippen molar-refractivity contribution in [2.75, 3.05) is 5.32 Å². The van der Waals surface area contributed by atoms with Crippen molar-refractivity contribution in [2.24, 2.45) is 0 Å². The van der Waals surface area contributed by atoms with E-state index in [2.05, 4.69) is 20.6 Å². The zero-order valence-corrected chi connectivity index (χ0v) is 11.6. The van der Waals surface area contributed by atoms with Crippen LogP contribution >= 0.6 is 0 Å². The van der Waals surface area contributed by atoms with Crippen molar-refractivity contribution in [1.82, 2.24) is 24.4 Å². The fourth-order valence-corrected chi connectivity index (χ4v) is 2.12. The number of anilines is 1. The predicted molar refractivity (Wildman–Crippen MR) is 76.1 cm³/mol. The molecule has 0 aliphatic rings. The van der Waals surface area contributed by atoms with Crippen LogP contribution < -0.4 is 11.0 Å². The zero-order chi connectivity index (χ0) is 15.0. The summed E-state index contributed by atoms with van der Waals surface area (Å²) in [5.74, 6) is -0.326. The SMILES string of the molecule is Cc1n[nH]c(C)c1NC(=O)Cn1nc2ccccn2c1=O. The lowest BCUT2D eigenvalue weighted by molar-refractivity contribution is -0.117. The quantitative estimate of drug-likeness (QED) is 0.731. The highest BCUT2D eigenvalue weighted by Crippen LogP contribution is 2.15. The van der Waals surface area contributed by atoms with Crippen LogP contribution in [0.15, 0.2) is 29.2 Å². The highest BCUT2D eigenvalue weighted by atomic mass is 16.2. The number of amides is 1. The van der Waals surface area contributed by atoms with Crippen LogP contribution in [-0.4, -0.2) is 30.3 Å². The van der Waals surface area contributed by atoms with E-state index in [1.165, 1.54) is 4.40 Å². The maximum absolute atomic E-state index is 12.1. The third-order valence-corrected chi connectivity index (χ3v) is 3.17. The molecule has 0 saturated heterocycles. The van der Waals surface area contributed by atoms with Gasteiger partial charge in [0.15, 0.2) is 5.65 Å². The first-order valence-electron chi connectivity index (χ1n) is 6.42. The summed E-state index contributed by atoms with van der Waals surface area (Å²) in [5.41, 5.74) is 2.26. The van der Waals surface area contributed by atoms with E-state index in [-0.39, 0.29) is 18.1 Å². The second kappa shape index (κ2) is 4.89. The molecule has 3 aromatic heterocycles. The van der Waals surface area contributed by atoms with E-state index in [9.17, 15) is 9.59 Å². The number of carbonyl (C=O) groups is 1. The Hall–Kier alpha value is -2.90. The van der Waals surface area contributed by atoms with E-state index in [1.54, 1.807) is 31.3 Å². The fraction of sp³-hybridized carbons (Fsp3) is 0.231. The molecule has 0 bridgehead atoms. The molecular formula is C13H14N6O2. The van der Waals surface area contributed by atoms with Crippen molar-refractivity contribution in [3.63, 3.8) is 0 Å². The molecule has 0 atom stereocenters. The number of nitrogens with one attached hydrogen (secondary N) is 2. The molecule has 0 aliphatic carbocycles. The first-order chi connectivity index (χ1) is 10.1. The number of rotatable bonds is 3. The monoisotopic (exact) mass is 286 g/mol. The molecule has 108 valence electrons. The van der Waals surface area contributed by atoms with Gasteiger partial charge in [-0.3, -0.25) is 14.3 Å². The topological polar surface area (TPSA) is 97.1 Å². The predicted octanol–water partition coefficient (Wildman–Crippen LogP) is 0.475. The Balaban J connectivity index is 1.84. The number of carbonyl (C=O) groups excluding carboxylic acids is 1. The van der Waals surface area contributed by atoms with Gasteiger partial charge < -0.3 is 5.32 Å². The van der Waals surface area contributed by atoms with Gasteiger partial charge >= 0.3 is 5.69 Å². The minimum atomic E-state index is -0.346. The van der Waals surface area contributed by atoms with Crippen LogP contribution in [0.25, 0.3) is 5.65 Å². The van der Waals surface area contributed by atoms with Crippen LogP contribution in [0.5, 0.6) is 0 Å². The van der Waals surface area contributed by atoms with E-state index in [1.807, 2.05) is 6.92 Å². The molecule has 0 spiro atoms. The normalized spacial score (nSPS) is 11.0. The third-order valence-electron chi connectivity index (χ3n) is 3.17. The van der Waals surface area contributed by atoms with Crippen LogP contribution in [0.2, 0.25) is 0 Å². The Morgan fingerprint density at radius 3 is 2.86 bits per heavy atom. The first kappa shape index (κ1) is 13.1. The van der Waals surface area contributed by atoms with Crippen LogP contribution in [0, 0.1) is 13.8 Å². The van der Waals surface area contributed by atoms with Crippen molar-refractivity contribution in [2.45, 2.75) is 20.4 Å². The van der Waals surface area contributed by atoms with Crippen LogP contribution in [0.1, 0.15) is 11.4 Å². The number of hydrogen-bond acceptors (Lipinski definition) is 4. The molecule has 3 heterocycles. The molecule has 2 N–H and O–H groups in total. The van der Waals surface area contributed by atoms with Gasteiger partial charge in [-0.15, -0.1) is 5.10 Å². The minimum absolute atomic E-state index is 0.148. The number of H-pyrrole nitrogens is 1. The highest BCUT2D eigenvalue weighted by molar-refractivity contribution is 5.91. The molecule has 0 radical (unpaired) electrons. The molecule has 21 heavy (non-hydrogen) atoms. The van der Waals surface area contributed by atoms with Gasteiger partial charge in [0.1, 0.15) is 6.54 Å². The molecule has 3 aromatic rings. The van der Waals surface area contributed by atoms with E-state index >= 15 is 0 Å². The van der Waals surface area contributed by atoms with Crippen LogP contribution in [0.3, 0.4) is 0 Å². The highest BCUT2D eigenvalue weighted by Gasteiger charge is 2.13. The van der Waals surface area contributed by atoms with Gasteiger partial charge in [0.25, 0.3) is 0 Å². The van der Waals surface area contributed by atoms with Gasteiger partial charge in [0.2, 0.25) is 5.91 Å². The van der Waals surface area contributed by atoms with E-state index in [4.69, 9.17) is 0 Å². The lowest BCUT2D eigenvalue weighted by Crippen LogP contribution is -2.28. The molecule has 8 heteroatoms. The smallest absolute Gasteiger partial charge is 0.321 e. The molecule has 8 nitrogen and oxygen atoms in total. The van der Waals surface area contributed by atoms with Gasteiger partial charge in [-0.25, -0.2) is 9.48 Å². The van der Waals surface area contributed by atoms with Crippen LogP contribution in [0.4, 0.5) is 5.69 Å². The lowest BCUT2D eigenvalue weighted by Gasteiger charge is -2.04. The number of hydrogen-bond donors (Lipinski definition) is 2. The number of pyridine rings is 1. The van der Waals surface area contributed by atoms with Gasteiger partial charge in [-0.1, -0.05) is 6.07 Å². The van der Waals surface area contributed by atoms with Gasteiger partial charge in [0.05, 0.1) is 17.1 Å². The number of aromatic nitrogens is 5. The van der Waals surface area contributed by atoms with Crippen molar-refractivity contribution in [3.8, 4) is 0 Å². The summed E-state index contributed by atoms with van der Waals surface area (Å²) >= 11 is 0. The molecule has 0 unspecified atom stereocenters. The number of nitrogens with zero attached hydrogens (tertiary/aromatic N) is 4. The summed E-state index contributed by atoms with van der Waals surface area (Å²) in [6, 6.07) is 5.23. The van der Waals surface area contributed by atoms with E-state index in [0.29, 0.717) is 17.0 Å². The van der Waals surface area contributed by atoms with Gasteiger partial charge in [0, 0.05) is 6.20 Å². The largest absolute Gasteiger partial charge is 0.350 e. The second-order valence-electron chi connectivity index (χ2n) is 4.73. The summed E-state index contributed by atoms with van der Waals surface area (Å²) in [4.78, 5) is 24.1. The Labute approximate surface area is 119 Å². The summed E-state index contributed by atoms with van der Waals surface area (Å²) in [5, 5.41) is 13.6. The van der Waals surface area contributed by atoms with Gasteiger partial charge in [-0.2, -0.15) is 5.10 Å². The molecule has 0 aromatic carbocycles. The van der Waals surface area contributed by atoms with E-state index < -0.39 is 0 Å². The van der Waals surface area contributed by atoms with E-state index in [0.717, 1.165) is 10.4 Å². The molecule has 1 amide bonds. The summed E-state index contributed by atoms with van der Waals surface area (Å²) in [7, 11) is 0. The standard InChI is InChI=1S/C13H14N6O2/c1-8-12(9(2)16-15-8)14-11(20)7-19-13(21)18-6-4-3-5-10(18)17-19/h3-6H,7H2,1-2H3,(H,14,20)(H,15,16). The first-order valence-corrected chi connectivity index (χ1v) is 6.42. The number of aryl methyl sites for hydroxylation is 2. The lowest BCUT2D eigenvalue weighted by atomic mass is 10.3. The Morgan fingerprint density at radius 1 is 1.38 bits per heavy atom. The average Bonchev–Trinajstić information content (AvgIpc) is 2.94. The average molecular weight is 286 g/mol. The molecule has 0 fully saturated rings. The van der Waals surface area contributed by atoms with Crippen molar-refractivity contribution < 1.29 is 4.79 Å². The third kappa shape index (κ3) is 2.31. The number of aromatic amines is 1. The maximum Gasteiger partial charge on any atom is 0.350 e. The maximum atomic E-state index is 12.1. The summed E-state index contributed by atoms with van der Waals surface area (Å²) < 4.78 is 2.52. The Bertz CT molecular complexity index is 853. The molecule has 0 aliphatic heterocycles. The summed E-state index contributed by atoms with van der Waals surface area (Å²) in [6.07, 6.45) is 1.61. The summed E-state index contributed by atoms with van der Waals surface area (Å²) in [6.45, 7) is 3.45. The Morgan fingerprint density at radius 2 is 2.19 bits per heavy atom. The second-order valence-corrected chi connectivity index (χ2v) is 4.73. The zero-order valence-electron chi connectivity index (χ0n) is 11.6. The Kier molecular flexibility index (Phi) is 3.05. The van der Waals surface area contributed by atoms with Crippen molar-refractivity contribution in [1.29, 1.82) is 0 Å². The van der Waals surface area contributed by atoms with Crippen LogP contribution in [-0.2, 0) is 11.3 Å². The fourth-order valence-electron chi connectivity index (χ4n) is 2.12. The van der Waals surface area contributed by atoms with Crippen molar-refractivity contribution >= 4 is 17.2 Å². The molecule has 0 saturated carbocycles.